The fourth-order valence-corrected chi connectivity index (χ4v) is 3.14. The van der Waals surface area contributed by atoms with E-state index in [2.05, 4.69) is 5.32 Å². The fraction of sp³-hybridized carbons (Fsp3) is 0.286. The molecule has 6 nitrogen and oxygen atoms in total. The van der Waals surface area contributed by atoms with Gasteiger partial charge in [-0.3, -0.25) is 14.4 Å². The van der Waals surface area contributed by atoms with E-state index in [1.807, 2.05) is 6.07 Å². The van der Waals surface area contributed by atoms with Gasteiger partial charge in [0.2, 0.25) is 11.8 Å². The molecule has 1 aliphatic rings. The van der Waals surface area contributed by atoms with E-state index in [4.69, 9.17) is 0 Å². The number of carbonyl (C=O) groups excluding carboxylic acids is 3. The van der Waals surface area contributed by atoms with E-state index in [1.54, 1.807) is 30.1 Å². The van der Waals surface area contributed by atoms with Crippen LogP contribution >= 0.6 is 0 Å². The molecule has 0 radical (unpaired) electrons. The smallest absolute Gasteiger partial charge is 0.254 e. The summed E-state index contributed by atoms with van der Waals surface area (Å²) < 4.78 is 12.9. The van der Waals surface area contributed by atoms with Crippen LogP contribution in [0.4, 0.5) is 10.1 Å². The average molecular weight is 383 g/mol. The van der Waals surface area contributed by atoms with E-state index < -0.39 is 0 Å². The minimum Gasteiger partial charge on any atom is -0.338 e. The number of amides is 3. The molecule has 1 N–H and O–H groups in total. The Morgan fingerprint density at radius 3 is 2.61 bits per heavy atom. The van der Waals surface area contributed by atoms with Gasteiger partial charge in [0.1, 0.15) is 5.82 Å². The highest BCUT2D eigenvalue weighted by atomic mass is 19.1. The number of hydrogen-bond acceptors (Lipinski definition) is 3. The van der Waals surface area contributed by atoms with Crippen molar-refractivity contribution in [3.05, 3.63) is 65.5 Å². The lowest BCUT2D eigenvalue weighted by atomic mass is 10.1. The van der Waals surface area contributed by atoms with E-state index in [-0.39, 0.29) is 30.1 Å². The van der Waals surface area contributed by atoms with E-state index in [0.717, 1.165) is 18.5 Å². The van der Waals surface area contributed by atoms with Crippen molar-refractivity contribution in [1.82, 2.24) is 9.80 Å². The van der Waals surface area contributed by atoms with E-state index in [1.165, 1.54) is 29.2 Å². The monoisotopic (exact) mass is 383 g/mol. The summed E-state index contributed by atoms with van der Waals surface area (Å²) in [5, 5.41) is 2.63. The molecular weight excluding hydrogens is 361 g/mol. The molecule has 146 valence electrons. The fourth-order valence-electron chi connectivity index (χ4n) is 3.14. The second-order valence-electron chi connectivity index (χ2n) is 6.84. The molecule has 0 aliphatic carbocycles. The molecule has 0 atom stereocenters. The number of halogens is 1. The lowest BCUT2D eigenvalue weighted by molar-refractivity contribution is -0.128. The SMILES string of the molecule is CN(CC(=O)Nc1ccc(F)cc1)C(=O)c1cccc(CN2CCCC2=O)c1. The van der Waals surface area contributed by atoms with Gasteiger partial charge in [0.25, 0.3) is 5.91 Å². The summed E-state index contributed by atoms with van der Waals surface area (Å²) in [5.41, 5.74) is 1.80. The van der Waals surface area contributed by atoms with E-state index in [0.29, 0.717) is 24.2 Å². The van der Waals surface area contributed by atoms with Gasteiger partial charge in [-0.05, 0) is 48.4 Å². The molecule has 1 aliphatic heterocycles. The molecule has 0 aromatic heterocycles. The van der Waals surface area contributed by atoms with Crippen LogP contribution in [0.3, 0.4) is 0 Å². The topological polar surface area (TPSA) is 69.7 Å². The molecule has 28 heavy (non-hydrogen) atoms. The minimum absolute atomic E-state index is 0.131. The van der Waals surface area contributed by atoms with Crippen LogP contribution in [0.5, 0.6) is 0 Å². The predicted molar refractivity (Wildman–Crippen MR) is 103 cm³/mol. The summed E-state index contributed by atoms with van der Waals surface area (Å²) in [6, 6.07) is 12.5. The number of rotatable bonds is 6. The Morgan fingerprint density at radius 1 is 1.18 bits per heavy atom. The highest BCUT2D eigenvalue weighted by molar-refractivity contribution is 5.99. The molecule has 3 amide bonds. The van der Waals surface area contributed by atoms with Crippen LogP contribution in [-0.2, 0) is 16.1 Å². The maximum atomic E-state index is 12.9. The largest absolute Gasteiger partial charge is 0.338 e. The van der Waals surface area contributed by atoms with Gasteiger partial charge in [-0.25, -0.2) is 4.39 Å². The Kier molecular flexibility index (Phi) is 6.03. The van der Waals surface area contributed by atoms with Crippen LogP contribution in [0.1, 0.15) is 28.8 Å². The molecule has 0 unspecified atom stereocenters. The highest BCUT2D eigenvalue weighted by Gasteiger charge is 2.21. The van der Waals surface area contributed by atoms with Crippen molar-refractivity contribution in [2.24, 2.45) is 0 Å². The summed E-state index contributed by atoms with van der Waals surface area (Å²) in [5.74, 6) is -0.919. The van der Waals surface area contributed by atoms with Gasteiger partial charge in [0.15, 0.2) is 0 Å². The third-order valence-corrected chi connectivity index (χ3v) is 4.57. The first-order chi connectivity index (χ1) is 13.4. The predicted octanol–water partition coefficient (Wildman–Crippen LogP) is 2.66. The van der Waals surface area contributed by atoms with E-state index in [9.17, 15) is 18.8 Å². The highest BCUT2D eigenvalue weighted by Crippen LogP contribution is 2.16. The first kappa shape index (κ1) is 19.5. The average Bonchev–Trinajstić information content (AvgIpc) is 3.07. The van der Waals surface area contributed by atoms with Crippen LogP contribution < -0.4 is 5.32 Å². The molecule has 3 rings (SSSR count). The minimum atomic E-state index is -0.388. The molecule has 1 saturated heterocycles. The van der Waals surface area contributed by atoms with Crippen molar-refractivity contribution >= 4 is 23.4 Å². The molecule has 0 spiro atoms. The van der Waals surface area contributed by atoms with Crippen LogP contribution in [0.15, 0.2) is 48.5 Å². The first-order valence-corrected chi connectivity index (χ1v) is 9.10. The van der Waals surface area contributed by atoms with Crippen molar-refractivity contribution in [3.8, 4) is 0 Å². The Balaban J connectivity index is 1.59. The third-order valence-electron chi connectivity index (χ3n) is 4.57. The second kappa shape index (κ2) is 8.65. The van der Waals surface area contributed by atoms with Gasteiger partial charge < -0.3 is 15.1 Å². The number of benzene rings is 2. The quantitative estimate of drug-likeness (QED) is 0.834. The zero-order chi connectivity index (χ0) is 20.1. The van der Waals surface area contributed by atoms with Crippen LogP contribution in [0, 0.1) is 5.82 Å². The summed E-state index contributed by atoms with van der Waals surface area (Å²) in [4.78, 5) is 39.7. The third kappa shape index (κ3) is 4.94. The summed E-state index contributed by atoms with van der Waals surface area (Å²) >= 11 is 0. The first-order valence-electron chi connectivity index (χ1n) is 9.10. The Morgan fingerprint density at radius 2 is 1.93 bits per heavy atom. The summed E-state index contributed by atoms with van der Waals surface area (Å²) in [7, 11) is 1.54. The van der Waals surface area contributed by atoms with Gasteiger partial charge >= 0.3 is 0 Å². The van der Waals surface area contributed by atoms with Gasteiger partial charge in [-0.2, -0.15) is 0 Å². The zero-order valence-corrected chi connectivity index (χ0v) is 15.7. The Labute approximate surface area is 162 Å². The Bertz CT molecular complexity index is 883. The normalized spacial score (nSPS) is 13.5. The molecule has 2 aromatic carbocycles. The van der Waals surface area contributed by atoms with Gasteiger partial charge in [-0.15, -0.1) is 0 Å². The molecular formula is C21H22FN3O3. The molecule has 0 saturated carbocycles. The van der Waals surface area contributed by atoms with Crippen molar-refractivity contribution < 1.29 is 18.8 Å². The molecule has 1 heterocycles. The lowest BCUT2D eigenvalue weighted by Crippen LogP contribution is -2.35. The van der Waals surface area contributed by atoms with Crippen LogP contribution in [-0.4, -0.2) is 47.7 Å². The van der Waals surface area contributed by atoms with Gasteiger partial charge in [-0.1, -0.05) is 12.1 Å². The lowest BCUT2D eigenvalue weighted by Gasteiger charge is -2.19. The molecule has 1 fully saturated rings. The maximum Gasteiger partial charge on any atom is 0.254 e. The summed E-state index contributed by atoms with van der Waals surface area (Å²) in [6.45, 7) is 1.08. The number of likely N-dealkylation sites (tertiary alicyclic amines) is 1. The van der Waals surface area contributed by atoms with Crippen molar-refractivity contribution in [2.75, 3.05) is 25.5 Å². The second-order valence-corrected chi connectivity index (χ2v) is 6.84. The number of likely N-dealkylation sites (N-methyl/N-ethyl adjacent to an activating group) is 1. The zero-order valence-electron chi connectivity index (χ0n) is 15.7. The van der Waals surface area contributed by atoms with Crippen molar-refractivity contribution in [1.29, 1.82) is 0 Å². The van der Waals surface area contributed by atoms with Crippen molar-refractivity contribution in [3.63, 3.8) is 0 Å². The van der Waals surface area contributed by atoms with Crippen LogP contribution in [0.2, 0.25) is 0 Å². The molecule has 7 heteroatoms. The number of hydrogen-bond donors (Lipinski definition) is 1. The van der Waals surface area contributed by atoms with Crippen LogP contribution in [0.25, 0.3) is 0 Å². The number of nitrogens with one attached hydrogen (secondary N) is 1. The van der Waals surface area contributed by atoms with Crippen molar-refractivity contribution in [2.45, 2.75) is 19.4 Å². The molecule has 0 bridgehead atoms. The maximum absolute atomic E-state index is 12.9. The standard InChI is InChI=1S/C21H22FN3O3/c1-24(14-19(26)23-18-9-7-17(22)8-10-18)21(28)16-5-2-4-15(12-16)13-25-11-3-6-20(25)27/h2,4-5,7-10,12H,3,6,11,13-14H2,1H3,(H,23,26). The van der Waals surface area contributed by atoms with E-state index >= 15 is 0 Å². The number of nitrogens with zero attached hydrogens (tertiary/aromatic N) is 2. The molecule has 2 aromatic rings. The summed E-state index contributed by atoms with van der Waals surface area (Å²) in [6.07, 6.45) is 1.44. The number of carbonyl (C=O) groups is 3. The number of anilines is 1. The van der Waals surface area contributed by atoms with Gasteiger partial charge in [0, 0.05) is 37.8 Å². The Hall–Kier alpha value is -3.22. The van der Waals surface area contributed by atoms with Gasteiger partial charge in [0.05, 0.1) is 6.54 Å².